The maximum atomic E-state index is 12.9. The van der Waals surface area contributed by atoms with Gasteiger partial charge < -0.3 is 5.73 Å². The fourth-order valence-electron chi connectivity index (χ4n) is 2.89. The molecule has 7 heteroatoms. The average molecular weight is 344 g/mol. The molecule has 1 heterocycles. The van der Waals surface area contributed by atoms with Gasteiger partial charge in [0, 0.05) is 18.6 Å². The molecule has 1 aliphatic rings. The maximum absolute atomic E-state index is 12.9. The number of benzene rings is 1. The summed E-state index contributed by atoms with van der Waals surface area (Å²) < 4.78 is 27.4. The molecule has 2 atom stereocenters. The number of aryl methyl sites for hydroxylation is 1. The minimum Gasteiger partial charge on any atom is -0.326 e. The van der Waals surface area contributed by atoms with Crippen LogP contribution >= 0.6 is 12.4 Å². The van der Waals surface area contributed by atoms with E-state index in [4.69, 9.17) is 11.0 Å². The van der Waals surface area contributed by atoms with E-state index in [0.29, 0.717) is 17.7 Å². The lowest BCUT2D eigenvalue weighted by molar-refractivity contribution is 0.227. The number of sulfonamides is 1. The fourth-order valence-corrected chi connectivity index (χ4v) is 4.87. The lowest BCUT2D eigenvalue weighted by Crippen LogP contribution is -2.51. The van der Waals surface area contributed by atoms with E-state index in [-0.39, 0.29) is 29.4 Å². The van der Waals surface area contributed by atoms with E-state index in [1.165, 1.54) is 10.4 Å². The molecule has 1 fully saturated rings. The molecule has 0 spiro atoms. The lowest BCUT2D eigenvalue weighted by Gasteiger charge is -2.37. The monoisotopic (exact) mass is 343 g/mol. The molecule has 1 saturated heterocycles. The molecule has 0 bridgehead atoms. The van der Waals surface area contributed by atoms with Crippen molar-refractivity contribution in [3.05, 3.63) is 29.3 Å². The molecule has 0 radical (unpaired) electrons. The minimum atomic E-state index is -3.57. The van der Waals surface area contributed by atoms with Crippen molar-refractivity contribution in [2.24, 2.45) is 5.73 Å². The van der Waals surface area contributed by atoms with Gasteiger partial charge in [-0.25, -0.2) is 8.42 Å². The van der Waals surface area contributed by atoms with Crippen molar-refractivity contribution < 1.29 is 8.42 Å². The van der Waals surface area contributed by atoms with Crippen molar-refractivity contribution >= 4 is 22.4 Å². The number of rotatable bonds is 3. The van der Waals surface area contributed by atoms with Crippen LogP contribution in [-0.4, -0.2) is 31.4 Å². The van der Waals surface area contributed by atoms with Gasteiger partial charge in [0.15, 0.2) is 0 Å². The van der Waals surface area contributed by atoms with Crippen LogP contribution in [0.1, 0.15) is 37.3 Å². The van der Waals surface area contributed by atoms with E-state index in [1.807, 2.05) is 13.0 Å². The molecule has 5 nitrogen and oxygen atoms in total. The third-order valence-corrected chi connectivity index (χ3v) is 6.08. The van der Waals surface area contributed by atoms with Crippen molar-refractivity contribution in [1.29, 1.82) is 5.26 Å². The Balaban J connectivity index is 0.00000242. The fraction of sp³-hybridized carbons (Fsp3) is 0.533. The van der Waals surface area contributed by atoms with Gasteiger partial charge in [-0.05, 0) is 50.5 Å². The molecular weight excluding hydrogens is 322 g/mol. The topological polar surface area (TPSA) is 87.2 Å². The first-order valence-electron chi connectivity index (χ1n) is 7.16. The number of nitrogens with two attached hydrogens (primary N) is 1. The highest BCUT2D eigenvalue weighted by molar-refractivity contribution is 7.89. The molecule has 122 valence electrons. The van der Waals surface area contributed by atoms with E-state index >= 15 is 0 Å². The van der Waals surface area contributed by atoms with Crippen LogP contribution in [0.25, 0.3) is 0 Å². The second-order valence-electron chi connectivity index (χ2n) is 5.63. The van der Waals surface area contributed by atoms with Gasteiger partial charge >= 0.3 is 0 Å². The van der Waals surface area contributed by atoms with Crippen LogP contribution in [0.5, 0.6) is 0 Å². The Morgan fingerprint density at radius 2 is 2.09 bits per heavy atom. The van der Waals surface area contributed by atoms with E-state index in [9.17, 15) is 8.42 Å². The summed E-state index contributed by atoms with van der Waals surface area (Å²) >= 11 is 0. The molecular formula is C15H22ClN3O2S. The molecule has 1 aromatic rings. The van der Waals surface area contributed by atoms with Gasteiger partial charge in [0.2, 0.25) is 10.0 Å². The number of piperidine rings is 1. The summed E-state index contributed by atoms with van der Waals surface area (Å²) in [5.41, 5.74) is 7.03. The molecule has 2 rings (SSSR count). The summed E-state index contributed by atoms with van der Waals surface area (Å²) in [5.74, 6) is 0. The Hall–Kier alpha value is -1.13. The Labute approximate surface area is 138 Å². The molecule has 1 aliphatic heterocycles. The third-order valence-electron chi connectivity index (χ3n) is 4.00. The largest absolute Gasteiger partial charge is 0.326 e. The highest BCUT2D eigenvalue weighted by Crippen LogP contribution is 2.28. The van der Waals surface area contributed by atoms with Crippen LogP contribution in [0.3, 0.4) is 0 Å². The van der Waals surface area contributed by atoms with E-state index in [1.54, 1.807) is 19.1 Å². The zero-order valence-electron chi connectivity index (χ0n) is 12.8. The minimum absolute atomic E-state index is 0. The van der Waals surface area contributed by atoms with Crippen LogP contribution < -0.4 is 5.73 Å². The van der Waals surface area contributed by atoms with Crippen LogP contribution in [-0.2, 0) is 10.0 Å². The van der Waals surface area contributed by atoms with E-state index < -0.39 is 10.0 Å². The quantitative estimate of drug-likeness (QED) is 0.911. The van der Waals surface area contributed by atoms with Gasteiger partial charge in [0.05, 0.1) is 16.5 Å². The van der Waals surface area contributed by atoms with Gasteiger partial charge in [-0.2, -0.15) is 9.57 Å². The summed E-state index contributed by atoms with van der Waals surface area (Å²) in [7, 11) is -3.57. The van der Waals surface area contributed by atoms with Crippen molar-refractivity contribution in [2.75, 3.05) is 6.54 Å². The summed E-state index contributed by atoms with van der Waals surface area (Å²) in [4.78, 5) is 0.272. The zero-order valence-corrected chi connectivity index (χ0v) is 14.5. The Bertz CT molecular complexity index is 668. The molecule has 1 aromatic carbocycles. The van der Waals surface area contributed by atoms with Crippen LogP contribution in [0.15, 0.2) is 23.1 Å². The summed E-state index contributed by atoms with van der Waals surface area (Å²) in [5, 5.41) is 8.89. The molecule has 0 saturated carbocycles. The second-order valence-corrected chi connectivity index (χ2v) is 7.49. The SMILES string of the molecule is Cc1cc(C#N)ccc1S(=O)(=O)N1CCCCC1C(C)N.Cl. The Morgan fingerprint density at radius 3 is 2.64 bits per heavy atom. The molecule has 0 aromatic heterocycles. The Kier molecular flexibility index (Phi) is 6.38. The molecule has 0 amide bonds. The maximum Gasteiger partial charge on any atom is 0.243 e. The number of hydrogen-bond acceptors (Lipinski definition) is 4. The summed E-state index contributed by atoms with van der Waals surface area (Å²) in [6.07, 6.45) is 2.66. The Morgan fingerprint density at radius 1 is 1.41 bits per heavy atom. The summed E-state index contributed by atoms with van der Waals surface area (Å²) in [6, 6.07) is 6.35. The van der Waals surface area contributed by atoms with Crippen molar-refractivity contribution in [3.63, 3.8) is 0 Å². The van der Waals surface area contributed by atoms with Gasteiger partial charge in [0.1, 0.15) is 0 Å². The van der Waals surface area contributed by atoms with Gasteiger partial charge in [0.25, 0.3) is 0 Å². The molecule has 2 N–H and O–H groups in total. The van der Waals surface area contributed by atoms with Crippen molar-refractivity contribution in [3.8, 4) is 6.07 Å². The third kappa shape index (κ3) is 3.61. The van der Waals surface area contributed by atoms with E-state index in [2.05, 4.69) is 0 Å². The molecule has 22 heavy (non-hydrogen) atoms. The smallest absolute Gasteiger partial charge is 0.243 e. The van der Waals surface area contributed by atoms with Crippen molar-refractivity contribution in [1.82, 2.24) is 4.31 Å². The first-order chi connectivity index (χ1) is 9.87. The molecule has 0 aliphatic carbocycles. The van der Waals surface area contributed by atoms with Gasteiger partial charge in [-0.3, -0.25) is 0 Å². The number of hydrogen-bond donors (Lipinski definition) is 1. The highest BCUT2D eigenvalue weighted by atomic mass is 35.5. The highest BCUT2D eigenvalue weighted by Gasteiger charge is 2.35. The summed E-state index contributed by atoms with van der Waals surface area (Å²) in [6.45, 7) is 4.08. The predicted octanol–water partition coefficient (Wildman–Crippen LogP) is 2.18. The zero-order chi connectivity index (χ0) is 15.6. The number of halogens is 1. The number of nitrogens with zero attached hydrogens (tertiary/aromatic N) is 2. The van der Waals surface area contributed by atoms with Crippen LogP contribution in [0, 0.1) is 18.3 Å². The van der Waals surface area contributed by atoms with Crippen LogP contribution in [0.4, 0.5) is 0 Å². The van der Waals surface area contributed by atoms with E-state index in [0.717, 1.165) is 19.3 Å². The molecule has 2 unspecified atom stereocenters. The first-order valence-corrected chi connectivity index (χ1v) is 8.60. The standard InChI is InChI=1S/C15H21N3O2S.ClH/c1-11-9-13(10-16)6-7-15(11)21(19,20)18-8-4-3-5-14(18)12(2)17;/h6-7,9,12,14H,3-5,8,17H2,1-2H3;1H. The van der Waals surface area contributed by atoms with Crippen molar-refractivity contribution in [2.45, 2.75) is 50.1 Å². The predicted molar refractivity (Wildman–Crippen MR) is 88.3 cm³/mol. The normalized spacial score (nSPS) is 20.7. The van der Waals surface area contributed by atoms with Gasteiger partial charge in [-0.1, -0.05) is 6.42 Å². The number of nitriles is 1. The average Bonchev–Trinajstić information content (AvgIpc) is 2.46. The second kappa shape index (κ2) is 7.42. The first kappa shape index (κ1) is 18.9. The lowest BCUT2D eigenvalue weighted by atomic mass is 10.00. The van der Waals surface area contributed by atoms with Crippen LogP contribution in [0.2, 0.25) is 0 Å². The van der Waals surface area contributed by atoms with Gasteiger partial charge in [-0.15, -0.1) is 12.4 Å².